The second-order valence-electron chi connectivity index (χ2n) is 13.6. The molecule has 0 radical (unpaired) electrons. The Kier molecular flexibility index (Phi) is 7.29. The summed E-state index contributed by atoms with van der Waals surface area (Å²) in [5.74, 6) is 0.640. The van der Waals surface area contributed by atoms with Crippen LogP contribution in [0.15, 0.2) is 53.1 Å². The fourth-order valence-electron chi connectivity index (χ4n) is 6.88. The van der Waals surface area contributed by atoms with E-state index in [1.165, 1.54) is 17.8 Å². The molecule has 11 heteroatoms. The molecule has 2 aromatic carbocycles. The molecule has 7 rings (SSSR count). The Labute approximate surface area is 256 Å². The zero-order valence-electron chi connectivity index (χ0n) is 25.5. The average Bonchev–Trinajstić information content (AvgIpc) is 3.60. The number of piperidine rings is 1. The van der Waals surface area contributed by atoms with Crippen LogP contribution in [0, 0.1) is 0 Å². The lowest BCUT2D eigenvalue weighted by atomic mass is 9.79. The first-order valence-electron chi connectivity index (χ1n) is 15.6. The normalized spacial score (nSPS) is 25.9. The van der Waals surface area contributed by atoms with Crippen LogP contribution in [0.2, 0.25) is 0 Å². The maximum Gasteiger partial charge on any atom is 0.573 e. The number of benzene rings is 2. The Balaban J connectivity index is 1.04. The Bertz CT molecular complexity index is 1470. The number of nitrogens with zero attached hydrogens (tertiary/aromatic N) is 2. The quantitative estimate of drug-likeness (QED) is 0.252. The van der Waals surface area contributed by atoms with E-state index in [1.54, 1.807) is 12.1 Å². The van der Waals surface area contributed by atoms with Crippen molar-refractivity contribution in [3.05, 3.63) is 59.9 Å². The molecule has 0 N–H and O–H groups in total. The molecule has 4 heterocycles. The van der Waals surface area contributed by atoms with Gasteiger partial charge in [0.25, 0.3) is 0 Å². The van der Waals surface area contributed by atoms with Crippen LogP contribution >= 0.6 is 0 Å². The van der Waals surface area contributed by atoms with Gasteiger partial charge in [0.2, 0.25) is 0 Å². The van der Waals surface area contributed by atoms with Crippen LogP contribution in [-0.2, 0) is 20.7 Å². The second kappa shape index (κ2) is 10.8. The van der Waals surface area contributed by atoms with Crippen LogP contribution in [-0.4, -0.2) is 48.0 Å². The Morgan fingerprint density at radius 1 is 0.909 bits per heavy atom. The van der Waals surface area contributed by atoms with Gasteiger partial charge in [-0.1, -0.05) is 29.4 Å². The van der Waals surface area contributed by atoms with E-state index in [0.717, 1.165) is 49.6 Å². The molecule has 234 valence electrons. The summed E-state index contributed by atoms with van der Waals surface area (Å²) < 4.78 is 68.4. The van der Waals surface area contributed by atoms with E-state index in [2.05, 4.69) is 66.8 Å². The Hall–Kier alpha value is -3.02. The number of fused-ring (bicyclic) bond motifs is 2. The summed E-state index contributed by atoms with van der Waals surface area (Å²) in [6.07, 6.45) is 1.11. The first kappa shape index (κ1) is 29.7. The van der Waals surface area contributed by atoms with Crippen molar-refractivity contribution in [3.8, 4) is 17.0 Å². The van der Waals surface area contributed by atoms with Gasteiger partial charge >= 0.3 is 13.5 Å². The van der Waals surface area contributed by atoms with Gasteiger partial charge in [-0.3, -0.25) is 0 Å². The van der Waals surface area contributed by atoms with Crippen LogP contribution in [0.25, 0.3) is 11.3 Å². The predicted molar refractivity (Wildman–Crippen MR) is 160 cm³/mol. The zero-order chi connectivity index (χ0) is 30.9. The fraction of sp³-hybridized carbons (Fsp3) is 0.545. The molecule has 4 aliphatic rings. The molecule has 44 heavy (non-hydrogen) atoms. The summed E-state index contributed by atoms with van der Waals surface area (Å²) in [6, 6.07) is 15.3. The van der Waals surface area contributed by atoms with E-state index < -0.39 is 6.36 Å². The summed E-state index contributed by atoms with van der Waals surface area (Å²) in [5.41, 5.74) is 2.76. The van der Waals surface area contributed by atoms with Crippen molar-refractivity contribution in [3.63, 3.8) is 0 Å². The van der Waals surface area contributed by atoms with Gasteiger partial charge in [-0.2, -0.15) is 0 Å². The highest BCUT2D eigenvalue weighted by molar-refractivity contribution is 6.62. The molecule has 3 aromatic rings. The summed E-state index contributed by atoms with van der Waals surface area (Å²) >= 11 is 0. The predicted octanol–water partition coefficient (Wildman–Crippen LogP) is 7.13. The molecule has 0 unspecified atom stereocenters. The van der Waals surface area contributed by atoms with E-state index in [4.69, 9.17) is 18.6 Å². The third kappa shape index (κ3) is 5.63. The molecule has 4 fully saturated rings. The molecule has 1 aliphatic carbocycles. The van der Waals surface area contributed by atoms with Crippen molar-refractivity contribution in [2.24, 2.45) is 0 Å². The van der Waals surface area contributed by atoms with E-state index in [0.29, 0.717) is 23.5 Å². The van der Waals surface area contributed by atoms with Crippen LogP contribution in [0.5, 0.6) is 5.75 Å². The second-order valence-corrected chi connectivity index (χ2v) is 13.6. The molecule has 1 saturated carbocycles. The van der Waals surface area contributed by atoms with Gasteiger partial charge < -0.3 is 28.2 Å². The summed E-state index contributed by atoms with van der Waals surface area (Å²) in [7, 11) is -0.389. The van der Waals surface area contributed by atoms with Gasteiger partial charge in [0.05, 0.1) is 23.9 Å². The number of rotatable bonds is 8. The number of hydrogen-bond donors (Lipinski definition) is 0. The van der Waals surface area contributed by atoms with Gasteiger partial charge in [-0.25, -0.2) is 0 Å². The number of halogens is 3. The van der Waals surface area contributed by atoms with Crippen molar-refractivity contribution in [2.45, 2.75) is 114 Å². The standard InChI is InChI=1S/C33H38BF3N2O5/c1-31(2)32(3,4)44-34(43-31)21-11-13-22(14-12-21)39-23-15-16-24(39)18-25(17-23)40-19-27-29(38-42-30(27)20-9-10-20)26-7-5-6-8-28(26)41-33(35,36)37/h5-8,11-14,20,23-25H,9-10,15-19H2,1-4H3/t23-,24+,25+. The third-order valence-corrected chi connectivity index (χ3v) is 10.0. The van der Waals surface area contributed by atoms with Crippen molar-refractivity contribution < 1.29 is 36.5 Å². The summed E-state index contributed by atoms with van der Waals surface area (Å²) in [4.78, 5) is 2.53. The maximum absolute atomic E-state index is 13.1. The topological polar surface area (TPSA) is 66.2 Å². The first-order valence-corrected chi connectivity index (χ1v) is 15.6. The molecule has 7 nitrogen and oxygen atoms in total. The van der Waals surface area contributed by atoms with E-state index in [-0.39, 0.29) is 48.3 Å². The highest BCUT2D eigenvalue weighted by Gasteiger charge is 2.52. The zero-order valence-corrected chi connectivity index (χ0v) is 25.5. The van der Waals surface area contributed by atoms with Crippen LogP contribution < -0.4 is 15.1 Å². The maximum atomic E-state index is 13.1. The van der Waals surface area contributed by atoms with E-state index in [1.807, 2.05) is 0 Å². The number of para-hydroxylation sites is 1. The van der Waals surface area contributed by atoms with Crippen LogP contribution in [0.4, 0.5) is 18.9 Å². The highest BCUT2D eigenvalue weighted by Crippen LogP contribution is 2.47. The minimum atomic E-state index is -4.81. The lowest BCUT2D eigenvalue weighted by Crippen LogP contribution is -2.45. The monoisotopic (exact) mass is 610 g/mol. The van der Waals surface area contributed by atoms with Gasteiger partial charge in [-0.15, -0.1) is 13.2 Å². The van der Waals surface area contributed by atoms with Crippen LogP contribution in [0.3, 0.4) is 0 Å². The van der Waals surface area contributed by atoms with Crippen molar-refractivity contribution in [1.82, 2.24) is 5.16 Å². The van der Waals surface area contributed by atoms with Gasteiger partial charge in [0.15, 0.2) is 0 Å². The van der Waals surface area contributed by atoms with E-state index in [9.17, 15) is 13.2 Å². The van der Waals surface area contributed by atoms with Crippen molar-refractivity contribution in [1.29, 1.82) is 0 Å². The molecule has 3 atom stereocenters. The average molecular weight is 610 g/mol. The molecule has 1 aromatic heterocycles. The summed E-state index contributed by atoms with van der Waals surface area (Å²) in [5, 5.41) is 4.22. The molecule has 3 saturated heterocycles. The van der Waals surface area contributed by atoms with Gasteiger partial charge in [0.1, 0.15) is 17.2 Å². The van der Waals surface area contributed by atoms with Crippen molar-refractivity contribution in [2.75, 3.05) is 4.90 Å². The number of alkyl halides is 3. The smallest absolute Gasteiger partial charge is 0.405 e. The first-order chi connectivity index (χ1) is 20.9. The molecule has 0 spiro atoms. The third-order valence-electron chi connectivity index (χ3n) is 10.0. The minimum Gasteiger partial charge on any atom is -0.405 e. The van der Waals surface area contributed by atoms with Crippen molar-refractivity contribution >= 4 is 18.3 Å². The minimum absolute atomic E-state index is 0.0317. The Morgan fingerprint density at radius 2 is 1.55 bits per heavy atom. The molecule has 2 bridgehead atoms. The molecule has 0 amide bonds. The van der Waals surface area contributed by atoms with Gasteiger partial charge in [-0.05, 0) is 95.9 Å². The highest BCUT2D eigenvalue weighted by atomic mass is 19.4. The number of ether oxygens (including phenoxy) is 2. The Morgan fingerprint density at radius 3 is 2.16 bits per heavy atom. The van der Waals surface area contributed by atoms with E-state index >= 15 is 0 Å². The number of hydrogen-bond acceptors (Lipinski definition) is 7. The largest absolute Gasteiger partial charge is 0.573 e. The number of anilines is 1. The summed E-state index contributed by atoms with van der Waals surface area (Å²) in [6.45, 7) is 8.47. The molecular weight excluding hydrogens is 572 g/mol. The SMILES string of the molecule is CC1(C)OB(c2ccc(N3[C@@H]4CC[C@H]3C[C@@H](OCc3c(-c5ccccc5OC(F)(F)F)noc3C3CC3)C4)cc2)OC1(C)C. The molecule has 3 aliphatic heterocycles. The lowest BCUT2D eigenvalue weighted by Gasteiger charge is -2.40. The lowest BCUT2D eigenvalue weighted by molar-refractivity contribution is -0.274. The van der Waals surface area contributed by atoms with Crippen LogP contribution in [0.1, 0.15) is 83.5 Å². The molecular formula is C33H38BF3N2O5. The fourth-order valence-corrected chi connectivity index (χ4v) is 6.88. The number of aromatic nitrogens is 1. The van der Waals surface area contributed by atoms with Gasteiger partial charge in [0, 0.05) is 34.8 Å².